The van der Waals surface area contributed by atoms with Gasteiger partial charge in [-0.15, -0.1) is 0 Å². The molecule has 112 valence electrons. The minimum absolute atomic E-state index is 0.0440. The maximum absolute atomic E-state index is 12.6. The second-order valence-electron chi connectivity index (χ2n) is 4.92. The van der Waals surface area contributed by atoms with Crippen LogP contribution in [-0.2, 0) is 16.4 Å². The van der Waals surface area contributed by atoms with E-state index < -0.39 is 10.0 Å². The summed E-state index contributed by atoms with van der Waals surface area (Å²) in [4.78, 5) is 0.0440. The smallest absolute Gasteiger partial charge is 0.266 e. The molecule has 0 unspecified atom stereocenters. The highest BCUT2D eigenvalue weighted by atomic mass is 35.5. The molecule has 2 aromatic rings. The number of hydrogen-bond acceptors (Lipinski definition) is 4. The van der Waals surface area contributed by atoms with Crippen molar-refractivity contribution in [3.8, 4) is 5.75 Å². The Hall–Kier alpha value is -1.73. The van der Waals surface area contributed by atoms with Gasteiger partial charge in [0.1, 0.15) is 10.6 Å². The van der Waals surface area contributed by atoms with Gasteiger partial charge in [0.15, 0.2) is 5.82 Å². The molecule has 0 bridgehead atoms. The van der Waals surface area contributed by atoms with Crippen molar-refractivity contribution in [1.82, 2.24) is 10.2 Å². The number of aromatic amines is 1. The number of hydrogen-bond donors (Lipinski definition) is 2. The summed E-state index contributed by atoms with van der Waals surface area (Å²) in [6.07, 6.45) is 0.652. The average molecular weight is 328 g/mol. The molecular weight excluding hydrogens is 314 g/mol. The highest BCUT2D eigenvalue weighted by Gasteiger charge is 2.27. The summed E-state index contributed by atoms with van der Waals surface area (Å²) in [5, 5.41) is 7.06. The van der Waals surface area contributed by atoms with Crippen LogP contribution < -0.4 is 9.46 Å². The van der Waals surface area contributed by atoms with Crippen LogP contribution in [0.4, 0.5) is 5.82 Å². The van der Waals surface area contributed by atoms with E-state index in [9.17, 15) is 8.42 Å². The number of nitrogens with zero attached hydrogens (tertiary/aromatic N) is 1. The summed E-state index contributed by atoms with van der Waals surface area (Å²) in [7, 11) is -3.81. The van der Waals surface area contributed by atoms with E-state index in [-0.39, 0.29) is 10.7 Å². The molecule has 0 fully saturated rings. The molecule has 8 heteroatoms. The van der Waals surface area contributed by atoms with Crippen molar-refractivity contribution in [2.24, 2.45) is 0 Å². The Bertz CT molecular complexity index is 814. The lowest BCUT2D eigenvalue weighted by atomic mass is 10.2. The van der Waals surface area contributed by atoms with Crippen LogP contribution in [0.2, 0.25) is 5.02 Å². The summed E-state index contributed by atoms with van der Waals surface area (Å²) in [5.74, 6) is 0.649. The van der Waals surface area contributed by atoms with Crippen LogP contribution >= 0.6 is 11.6 Å². The number of aryl methyl sites for hydroxylation is 1. The van der Waals surface area contributed by atoms with Gasteiger partial charge in [0.05, 0.1) is 6.61 Å². The van der Waals surface area contributed by atoms with Crippen LogP contribution in [0.1, 0.15) is 16.8 Å². The number of aromatic nitrogens is 2. The Morgan fingerprint density at radius 2 is 2.14 bits per heavy atom. The first-order valence-electron chi connectivity index (χ1n) is 6.38. The summed E-state index contributed by atoms with van der Waals surface area (Å²) in [5.41, 5.74) is 2.36. The Morgan fingerprint density at radius 3 is 2.81 bits per heavy atom. The number of anilines is 1. The summed E-state index contributed by atoms with van der Waals surface area (Å²) < 4.78 is 33.1. The third-order valence-corrected chi connectivity index (χ3v) is 5.05. The molecule has 1 aromatic heterocycles. The second kappa shape index (κ2) is 4.92. The van der Waals surface area contributed by atoms with Crippen LogP contribution in [0, 0.1) is 13.8 Å². The van der Waals surface area contributed by atoms with E-state index in [1.54, 1.807) is 13.0 Å². The van der Waals surface area contributed by atoms with E-state index in [0.717, 1.165) is 16.8 Å². The van der Waals surface area contributed by atoms with E-state index in [0.29, 0.717) is 23.8 Å². The SMILES string of the molecule is Cc1[nH]nc(NS(=O)(=O)c2cc(Cl)cc3c2OCC3)c1C. The van der Waals surface area contributed by atoms with E-state index in [1.807, 2.05) is 6.92 Å². The topological polar surface area (TPSA) is 84.1 Å². The van der Waals surface area contributed by atoms with Gasteiger partial charge in [-0.05, 0) is 26.0 Å². The van der Waals surface area contributed by atoms with Crippen LogP contribution in [0.25, 0.3) is 0 Å². The standard InChI is InChI=1S/C13H14ClN3O3S/c1-7-8(2)15-16-13(7)17-21(18,19)11-6-10(14)5-9-3-4-20-12(9)11/h5-6H,3-4H2,1-2H3,(H2,15,16,17). The van der Waals surface area contributed by atoms with Crippen molar-refractivity contribution in [3.05, 3.63) is 34.0 Å². The van der Waals surface area contributed by atoms with E-state index in [2.05, 4.69) is 14.9 Å². The molecule has 0 amide bonds. The van der Waals surface area contributed by atoms with E-state index >= 15 is 0 Å². The van der Waals surface area contributed by atoms with Crippen molar-refractivity contribution in [2.45, 2.75) is 25.2 Å². The van der Waals surface area contributed by atoms with Gasteiger partial charge in [-0.3, -0.25) is 9.82 Å². The number of H-pyrrole nitrogens is 1. The maximum Gasteiger partial charge on any atom is 0.266 e. The monoisotopic (exact) mass is 327 g/mol. The van der Waals surface area contributed by atoms with Crippen LogP contribution in [-0.4, -0.2) is 25.2 Å². The first kappa shape index (κ1) is 14.2. The highest BCUT2D eigenvalue weighted by molar-refractivity contribution is 7.92. The van der Waals surface area contributed by atoms with Crippen LogP contribution in [0.5, 0.6) is 5.75 Å². The van der Waals surface area contributed by atoms with Crippen LogP contribution in [0.3, 0.4) is 0 Å². The molecule has 1 aliphatic heterocycles. The fourth-order valence-electron chi connectivity index (χ4n) is 2.20. The average Bonchev–Trinajstić information content (AvgIpc) is 2.99. The van der Waals surface area contributed by atoms with Gasteiger partial charge in [-0.2, -0.15) is 5.10 Å². The number of fused-ring (bicyclic) bond motifs is 1. The second-order valence-corrected chi connectivity index (χ2v) is 7.01. The third-order valence-electron chi connectivity index (χ3n) is 3.49. The molecule has 0 saturated carbocycles. The molecule has 1 aromatic carbocycles. The fourth-order valence-corrected chi connectivity index (χ4v) is 3.79. The Kier molecular flexibility index (Phi) is 3.33. The molecule has 0 atom stereocenters. The number of sulfonamides is 1. The van der Waals surface area contributed by atoms with Crippen LogP contribution in [0.15, 0.2) is 17.0 Å². The fraction of sp³-hybridized carbons (Fsp3) is 0.308. The minimum Gasteiger partial charge on any atom is -0.492 e. The molecule has 0 radical (unpaired) electrons. The van der Waals surface area contributed by atoms with Crippen molar-refractivity contribution in [3.63, 3.8) is 0 Å². The van der Waals surface area contributed by atoms with Gasteiger partial charge in [0.2, 0.25) is 0 Å². The Balaban J connectivity index is 2.05. The van der Waals surface area contributed by atoms with E-state index in [1.165, 1.54) is 6.07 Å². The third kappa shape index (κ3) is 2.47. The normalized spacial score (nSPS) is 13.9. The van der Waals surface area contributed by atoms with Crippen molar-refractivity contribution in [2.75, 3.05) is 11.3 Å². The molecule has 6 nitrogen and oxygen atoms in total. The summed E-state index contributed by atoms with van der Waals surface area (Å²) in [6, 6.07) is 3.12. The lowest BCUT2D eigenvalue weighted by Gasteiger charge is -2.11. The largest absolute Gasteiger partial charge is 0.492 e. The molecule has 0 saturated heterocycles. The summed E-state index contributed by atoms with van der Waals surface area (Å²) in [6.45, 7) is 4.06. The summed E-state index contributed by atoms with van der Waals surface area (Å²) >= 11 is 6.00. The zero-order valence-corrected chi connectivity index (χ0v) is 13.1. The predicted octanol–water partition coefficient (Wildman–Crippen LogP) is 2.42. The zero-order chi connectivity index (χ0) is 15.2. The number of halogens is 1. The minimum atomic E-state index is -3.81. The van der Waals surface area contributed by atoms with Gasteiger partial charge in [-0.25, -0.2) is 8.42 Å². The van der Waals surface area contributed by atoms with Crippen molar-refractivity contribution >= 4 is 27.4 Å². The number of rotatable bonds is 3. The Labute approximate surface area is 127 Å². The number of nitrogens with one attached hydrogen (secondary N) is 2. The predicted molar refractivity (Wildman–Crippen MR) is 79.5 cm³/mol. The van der Waals surface area contributed by atoms with Gasteiger partial charge in [0, 0.05) is 28.3 Å². The molecule has 0 aliphatic carbocycles. The highest BCUT2D eigenvalue weighted by Crippen LogP contribution is 2.36. The quantitative estimate of drug-likeness (QED) is 0.906. The molecule has 2 heterocycles. The lowest BCUT2D eigenvalue weighted by molar-refractivity contribution is 0.348. The van der Waals surface area contributed by atoms with Crippen molar-refractivity contribution in [1.29, 1.82) is 0 Å². The van der Waals surface area contributed by atoms with Gasteiger partial charge in [0.25, 0.3) is 10.0 Å². The molecule has 21 heavy (non-hydrogen) atoms. The molecule has 1 aliphatic rings. The first-order valence-corrected chi connectivity index (χ1v) is 8.24. The molecule has 2 N–H and O–H groups in total. The Morgan fingerprint density at radius 1 is 1.38 bits per heavy atom. The molecule has 0 spiro atoms. The number of benzene rings is 1. The van der Waals surface area contributed by atoms with Gasteiger partial charge < -0.3 is 4.74 Å². The molecular formula is C13H14ClN3O3S. The number of ether oxygens (including phenoxy) is 1. The zero-order valence-electron chi connectivity index (χ0n) is 11.5. The van der Waals surface area contributed by atoms with Gasteiger partial charge >= 0.3 is 0 Å². The lowest BCUT2D eigenvalue weighted by Crippen LogP contribution is -2.15. The maximum atomic E-state index is 12.6. The van der Waals surface area contributed by atoms with Crippen molar-refractivity contribution < 1.29 is 13.2 Å². The van der Waals surface area contributed by atoms with E-state index in [4.69, 9.17) is 16.3 Å². The van der Waals surface area contributed by atoms with Gasteiger partial charge in [-0.1, -0.05) is 11.6 Å². The molecule has 3 rings (SSSR count). The first-order chi connectivity index (χ1) is 9.88.